The van der Waals surface area contributed by atoms with Gasteiger partial charge in [-0.2, -0.15) is 0 Å². The summed E-state index contributed by atoms with van der Waals surface area (Å²) in [4.78, 5) is 11.6. The first-order chi connectivity index (χ1) is 9.77. The molecule has 21 heavy (non-hydrogen) atoms. The minimum absolute atomic E-state index is 0.0473. The van der Waals surface area contributed by atoms with Gasteiger partial charge >= 0.3 is 0 Å². The van der Waals surface area contributed by atoms with Crippen molar-refractivity contribution in [2.45, 2.75) is 24.7 Å². The molecule has 8 heteroatoms. The summed E-state index contributed by atoms with van der Waals surface area (Å²) in [7, 11) is -2.41. The molecule has 1 aromatic carbocycles. The summed E-state index contributed by atoms with van der Waals surface area (Å²) in [5, 5.41) is 7.54. The molecule has 0 aromatic heterocycles. The summed E-state index contributed by atoms with van der Waals surface area (Å²) in [6.07, 6.45) is 1.44. The molecule has 0 atom stereocenters. The van der Waals surface area contributed by atoms with E-state index in [0.717, 1.165) is 18.6 Å². The van der Waals surface area contributed by atoms with E-state index in [-0.39, 0.29) is 16.0 Å². The fourth-order valence-electron chi connectivity index (χ4n) is 1.73. The highest BCUT2D eigenvalue weighted by molar-refractivity contribution is 7.89. The Hall–Kier alpha value is -1.51. The number of sulfonamides is 1. The number of amides is 1. The minimum atomic E-state index is -3.99. The number of benzene rings is 1. The third-order valence-corrected chi connectivity index (χ3v) is 3.75. The number of carbonyl (C=O) groups is 1. The van der Waals surface area contributed by atoms with Crippen LogP contribution in [-0.2, 0) is 14.8 Å². The highest BCUT2D eigenvalue weighted by atomic mass is 32.2. The van der Waals surface area contributed by atoms with Crippen molar-refractivity contribution >= 4 is 15.9 Å². The molecule has 0 aliphatic heterocycles. The van der Waals surface area contributed by atoms with E-state index in [4.69, 9.17) is 9.88 Å². The molecule has 0 fully saturated rings. The number of nitrogens with one attached hydrogen (secondary N) is 1. The van der Waals surface area contributed by atoms with Crippen LogP contribution < -0.4 is 10.5 Å². The predicted octanol–water partition coefficient (Wildman–Crippen LogP) is 0.938. The van der Waals surface area contributed by atoms with Crippen LogP contribution in [0.3, 0.4) is 0 Å². The zero-order chi connectivity index (χ0) is 16.0. The summed E-state index contributed by atoms with van der Waals surface area (Å²) in [6.45, 7) is 2.30. The van der Waals surface area contributed by atoms with Gasteiger partial charge in [0.25, 0.3) is 5.91 Å². The lowest BCUT2D eigenvalue weighted by atomic mass is 10.1. The Balaban J connectivity index is 2.86. The third kappa shape index (κ3) is 5.07. The van der Waals surface area contributed by atoms with Crippen molar-refractivity contribution < 1.29 is 22.3 Å². The number of methoxy groups -OCH3 is 1. The highest BCUT2D eigenvalue weighted by Crippen LogP contribution is 2.18. The number of carbonyl (C=O) groups excluding carboxylic acids is 1. The van der Waals surface area contributed by atoms with Gasteiger partial charge in [-0.25, -0.2) is 17.9 Å². The first-order valence-electron chi connectivity index (χ1n) is 6.37. The Labute approximate surface area is 123 Å². The molecule has 0 aliphatic carbocycles. The van der Waals surface area contributed by atoms with Gasteiger partial charge in [0.05, 0.1) is 10.5 Å². The Morgan fingerprint density at radius 3 is 2.62 bits per heavy atom. The van der Waals surface area contributed by atoms with E-state index >= 15 is 0 Å². The zero-order valence-corrected chi connectivity index (χ0v) is 12.8. The normalized spacial score (nSPS) is 11.4. The smallest absolute Gasteiger partial charge is 0.254 e. The molecule has 0 bridgehead atoms. The number of unbranched alkanes of at least 4 members (excludes halogenated alkanes) is 1. The van der Waals surface area contributed by atoms with Gasteiger partial charge in [-0.15, -0.1) is 0 Å². The maximum Gasteiger partial charge on any atom is 0.254 e. The lowest BCUT2D eigenvalue weighted by molar-refractivity contribution is 0.0947. The second kappa shape index (κ2) is 7.48. The first-order valence-corrected chi connectivity index (χ1v) is 7.92. The number of aryl methyl sites for hydroxylation is 1. The Morgan fingerprint density at radius 1 is 1.38 bits per heavy atom. The molecule has 0 unspecified atom stereocenters. The van der Waals surface area contributed by atoms with Crippen molar-refractivity contribution in [1.82, 2.24) is 5.32 Å². The monoisotopic (exact) mass is 318 g/mol. The van der Waals surface area contributed by atoms with Gasteiger partial charge in [-0.3, -0.25) is 4.79 Å². The molecule has 6 nitrogen and oxygen atoms in total. The lowest BCUT2D eigenvalue weighted by Crippen LogP contribution is -2.26. The molecular weight excluding hydrogens is 299 g/mol. The molecular formula is C13H19FN2O4S. The molecule has 0 saturated carbocycles. The average molecular weight is 318 g/mol. The van der Waals surface area contributed by atoms with Gasteiger partial charge in [0.2, 0.25) is 10.0 Å². The summed E-state index contributed by atoms with van der Waals surface area (Å²) in [5.74, 6) is -1.42. The van der Waals surface area contributed by atoms with Crippen LogP contribution in [0.15, 0.2) is 17.0 Å². The van der Waals surface area contributed by atoms with Crippen molar-refractivity contribution in [3.05, 3.63) is 29.1 Å². The third-order valence-electron chi connectivity index (χ3n) is 2.86. The fraction of sp³-hybridized carbons (Fsp3) is 0.462. The molecule has 118 valence electrons. The molecule has 0 radical (unpaired) electrons. The van der Waals surface area contributed by atoms with Crippen molar-refractivity contribution in [3.8, 4) is 0 Å². The number of nitrogens with two attached hydrogens (primary N) is 1. The topological polar surface area (TPSA) is 98.5 Å². The molecule has 1 rings (SSSR count). The largest absolute Gasteiger partial charge is 0.385 e. The Bertz CT molecular complexity index is 617. The Morgan fingerprint density at radius 2 is 2.05 bits per heavy atom. The maximum absolute atomic E-state index is 13.9. The van der Waals surface area contributed by atoms with Crippen LogP contribution in [0.5, 0.6) is 0 Å². The summed E-state index contributed by atoms with van der Waals surface area (Å²) >= 11 is 0. The number of primary sulfonamides is 1. The van der Waals surface area contributed by atoms with Gasteiger partial charge < -0.3 is 10.1 Å². The lowest BCUT2D eigenvalue weighted by Gasteiger charge is -2.09. The van der Waals surface area contributed by atoms with Crippen LogP contribution in [0.4, 0.5) is 4.39 Å². The SMILES string of the molecule is COCCCCNC(=O)c1cc(S(N)(=O)=O)cc(C)c1F. The van der Waals surface area contributed by atoms with Crippen LogP contribution in [0, 0.1) is 12.7 Å². The first kappa shape index (κ1) is 17.5. The zero-order valence-electron chi connectivity index (χ0n) is 12.0. The van der Waals surface area contributed by atoms with Crippen LogP contribution >= 0.6 is 0 Å². The van der Waals surface area contributed by atoms with E-state index in [0.29, 0.717) is 19.6 Å². The number of rotatable bonds is 7. The second-order valence-corrected chi connectivity index (χ2v) is 6.16. The van der Waals surface area contributed by atoms with Crippen LogP contribution in [-0.4, -0.2) is 34.6 Å². The van der Waals surface area contributed by atoms with Gasteiger partial charge in [0.1, 0.15) is 5.82 Å². The number of hydrogen-bond acceptors (Lipinski definition) is 4. The molecule has 0 aliphatic rings. The van der Waals surface area contributed by atoms with Gasteiger partial charge in [-0.05, 0) is 37.5 Å². The molecule has 1 aromatic rings. The van der Waals surface area contributed by atoms with E-state index in [1.54, 1.807) is 7.11 Å². The minimum Gasteiger partial charge on any atom is -0.385 e. The molecule has 1 amide bonds. The molecule has 0 heterocycles. The number of ether oxygens (including phenoxy) is 1. The number of hydrogen-bond donors (Lipinski definition) is 2. The van der Waals surface area contributed by atoms with E-state index in [2.05, 4.69) is 5.32 Å². The van der Waals surface area contributed by atoms with E-state index in [9.17, 15) is 17.6 Å². The molecule has 0 saturated heterocycles. The van der Waals surface area contributed by atoms with E-state index < -0.39 is 21.7 Å². The van der Waals surface area contributed by atoms with Crippen molar-refractivity contribution in [3.63, 3.8) is 0 Å². The van der Waals surface area contributed by atoms with Crippen molar-refractivity contribution in [2.75, 3.05) is 20.3 Å². The quantitative estimate of drug-likeness (QED) is 0.731. The van der Waals surface area contributed by atoms with E-state index in [1.807, 2.05) is 0 Å². The van der Waals surface area contributed by atoms with Crippen LogP contribution in [0.25, 0.3) is 0 Å². The predicted molar refractivity (Wildman–Crippen MR) is 76.0 cm³/mol. The van der Waals surface area contributed by atoms with Crippen LogP contribution in [0.1, 0.15) is 28.8 Å². The second-order valence-electron chi connectivity index (χ2n) is 4.60. The van der Waals surface area contributed by atoms with E-state index in [1.165, 1.54) is 6.92 Å². The highest BCUT2D eigenvalue weighted by Gasteiger charge is 2.19. The van der Waals surface area contributed by atoms with Crippen molar-refractivity contribution in [1.29, 1.82) is 0 Å². The summed E-state index contributed by atoms with van der Waals surface area (Å²) in [6, 6.07) is 2.04. The van der Waals surface area contributed by atoms with Gasteiger partial charge in [0, 0.05) is 20.3 Å². The number of halogens is 1. The average Bonchev–Trinajstić information content (AvgIpc) is 2.40. The van der Waals surface area contributed by atoms with Gasteiger partial charge in [-0.1, -0.05) is 0 Å². The molecule has 3 N–H and O–H groups in total. The van der Waals surface area contributed by atoms with Gasteiger partial charge in [0.15, 0.2) is 0 Å². The Kier molecular flexibility index (Phi) is 6.25. The fourth-order valence-corrected chi connectivity index (χ4v) is 2.36. The standard InChI is InChI=1S/C13H19FN2O4S/c1-9-7-10(21(15,18)19)8-11(12(9)14)13(17)16-5-3-4-6-20-2/h7-8H,3-6H2,1-2H3,(H,16,17)(H2,15,18,19). The summed E-state index contributed by atoms with van der Waals surface area (Å²) in [5.41, 5.74) is -0.281. The molecule has 0 spiro atoms. The summed E-state index contributed by atoms with van der Waals surface area (Å²) < 4.78 is 41.4. The van der Waals surface area contributed by atoms with Crippen molar-refractivity contribution in [2.24, 2.45) is 5.14 Å². The van der Waals surface area contributed by atoms with Crippen LogP contribution in [0.2, 0.25) is 0 Å². The maximum atomic E-state index is 13.9.